The number of aliphatic hydroxyl groups excluding tert-OH is 1. The molecule has 3 heteroatoms. The van der Waals surface area contributed by atoms with Crippen LogP contribution in [-0.4, -0.2) is 36.3 Å². The second-order valence-electron chi connectivity index (χ2n) is 1.92. The first-order valence-electron chi connectivity index (χ1n) is 3.19. The van der Waals surface area contributed by atoms with Gasteiger partial charge in [-0.25, -0.2) is 0 Å². The van der Waals surface area contributed by atoms with Crippen LogP contribution in [0.3, 0.4) is 0 Å². The summed E-state index contributed by atoms with van der Waals surface area (Å²) in [6, 6.07) is 0. The van der Waals surface area contributed by atoms with Crippen molar-refractivity contribution >= 4 is 11.8 Å². The van der Waals surface area contributed by atoms with Gasteiger partial charge in [-0.1, -0.05) is 6.92 Å². The van der Waals surface area contributed by atoms with Gasteiger partial charge in [0.05, 0.1) is 6.10 Å². The Morgan fingerprint density at radius 2 is 2.33 bits per heavy atom. The first kappa shape index (κ1) is 9.27. The van der Waals surface area contributed by atoms with E-state index >= 15 is 0 Å². The van der Waals surface area contributed by atoms with Crippen LogP contribution < -0.4 is 5.32 Å². The summed E-state index contributed by atoms with van der Waals surface area (Å²) >= 11 is 1.67. The molecule has 56 valence electrons. The van der Waals surface area contributed by atoms with E-state index in [4.69, 9.17) is 5.11 Å². The lowest BCUT2D eigenvalue weighted by atomic mass is 10.4. The second kappa shape index (κ2) is 6.39. The predicted molar refractivity (Wildman–Crippen MR) is 42.9 cm³/mol. The topological polar surface area (TPSA) is 32.3 Å². The smallest absolute Gasteiger partial charge is 0.0754 e. The van der Waals surface area contributed by atoms with Crippen molar-refractivity contribution in [3.8, 4) is 0 Å². The number of rotatable bonds is 5. The highest BCUT2D eigenvalue weighted by atomic mass is 32.2. The van der Waals surface area contributed by atoms with E-state index in [0.717, 1.165) is 18.8 Å². The summed E-state index contributed by atoms with van der Waals surface area (Å²) in [5, 5.41) is 12.2. The standard InChI is InChI=1S/C6H15NOS/c1-3-7-4-6(8)5-9-2/h6-8H,3-5H2,1-2H3. The number of nitrogens with one attached hydrogen (secondary N) is 1. The van der Waals surface area contributed by atoms with E-state index in [9.17, 15) is 0 Å². The van der Waals surface area contributed by atoms with Gasteiger partial charge in [0, 0.05) is 12.3 Å². The fourth-order valence-electron chi connectivity index (χ4n) is 0.562. The van der Waals surface area contributed by atoms with Gasteiger partial charge in [0.1, 0.15) is 0 Å². The van der Waals surface area contributed by atoms with E-state index in [1.807, 2.05) is 13.2 Å². The van der Waals surface area contributed by atoms with Crippen molar-refractivity contribution in [3.05, 3.63) is 0 Å². The Hall–Kier alpha value is 0.270. The molecule has 0 saturated heterocycles. The van der Waals surface area contributed by atoms with Crippen molar-refractivity contribution < 1.29 is 5.11 Å². The van der Waals surface area contributed by atoms with Gasteiger partial charge in [0.25, 0.3) is 0 Å². The third kappa shape index (κ3) is 6.15. The molecule has 0 amide bonds. The van der Waals surface area contributed by atoms with Crippen LogP contribution >= 0.6 is 11.8 Å². The SMILES string of the molecule is CCNCC(O)CSC. The van der Waals surface area contributed by atoms with E-state index in [-0.39, 0.29) is 6.10 Å². The van der Waals surface area contributed by atoms with Gasteiger partial charge in [0.15, 0.2) is 0 Å². The molecule has 0 heterocycles. The summed E-state index contributed by atoms with van der Waals surface area (Å²) < 4.78 is 0. The number of aliphatic hydroxyl groups is 1. The first-order chi connectivity index (χ1) is 4.31. The van der Waals surface area contributed by atoms with Crippen LogP contribution in [0.1, 0.15) is 6.92 Å². The molecule has 0 saturated carbocycles. The average Bonchev–Trinajstić information content (AvgIpc) is 1.85. The van der Waals surface area contributed by atoms with Crippen molar-refractivity contribution in [3.63, 3.8) is 0 Å². The summed E-state index contributed by atoms with van der Waals surface area (Å²) in [5.41, 5.74) is 0. The Morgan fingerprint density at radius 1 is 1.67 bits per heavy atom. The van der Waals surface area contributed by atoms with Crippen LogP contribution in [0.15, 0.2) is 0 Å². The monoisotopic (exact) mass is 149 g/mol. The van der Waals surface area contributed by atoms with Crippen molar-refractivity contribution in [1.82, 2.24) is 5.32 Å². The molecule has 2 nitrogen and oxygen atoms in total. The van der Waals surface area contributed by atoms with Crippen molar-refractivity contribution in [2.75, 3.05) is 25.1 Å². The number of likely N-dealkylation sites (N-methyl/N-ethyl adjacent to an activating group) is 1. The molecule has 9 heavy (non-hydrogen) atoms. The van der Waals surface area contributed by atoms with Gasteiger partial charge >= 0.3 is 0 Å². The number of hydrogen-bond donors (Lipinski definition) is 2. The molecular formula is C6H15NOS. The van der Waals surface area contributed by atoms with Crippen molar-refractivity contribution in [2.45, 2.75) is 13.0 Å². The first-order valence-corrected chi connectivity index (χ1v) is 4.58. The van der Waals surface area contributed by atoms with E-state index in [2.05, 4.69) is 5.32 Å². The minimum Gasteiger partial charge on any atom is -0.391 e. The fraction of sp³-hybridized carbons (Fsp3) is 1.00. The normalized spacial score (nSPS) is 13.7. The highest BCUT2D eigenvalue weighted by Crippen LogP contribution is 1.94. The molecule has 0 spiro atoms. The van der Waals surface area contributed by atoms with Crippen LogP contribution in [0.5, 0.6) is 0 Å². The third-order valence-electron chi connectivity index (χ3n) is 0.989. The van der Waals surface area contributed by atoms with Crippen LogP contribution in [0.4, 0.5) is 0 Å². The lowest BCUT2D eigenvalue weighted by molar-refractivity contribution is 0.197. The van der Waals surface area contributed by atoms with Gasteiger partial charge in [-0.3, -0.25) is 0 Å². The zero-order valence-corrected chi connectivity index (χ0v) is 6.87. The van der Waals surface area contributed by atoms with E-state index in [1.54, 1.807) is 11.8 Å². The van der Waals surface area contributed by atoms with E-state index in [0.29, 0.717) is 0 Å². The zero-order chi connectivity index (χ0) is 7.11. The molecule has 1 unspecified atom stereocenters. The lowest BCUT2D eigenvalue weighted by Crippen LogP contribution is -2.28. The Balaban J connectivity index is 2.95. The van der Waals surface area contributed by atoms with Gasteiger partial charge in [0.2, 0.25) is 0 Å². The highest BCUT2D eigenvalue weighted by Gasteiger charge is 1.98. The summed E-state index contributed by atoms with van der Waals surface area (Å²) in [7, 11) is 0. The molecule has 0 aromatic heterocycles. The largest absolute Gasteiger partial charge is 0.391 e. The summed E-state index contributed by atoms with van der Waals surface area (Å²) in [6.07, 6.45) is 1.81. The molecular weight excluding hydrogens is 134 g/mol. The van der Waals surface area contributed by atoms with Crippen LogP contribution in [0.25, 0.3) is 0 Å². The zero-order valence-electron chi connectivity index (χ0n) is 6.05. The van der Waals surface area contributed by atoms with Crippen molar-refractivity contribution in [2.24, 2.45) is 0 Å². The summed E-state index contributed by atoms with van der Waals surface area (Å²) in [5.74, 6) is 0.826. The number of hydrogen-bond acceptors (Lipinski definition) is 3. The van der Waals surface area contributed by atoms with Crippen molar-refractivity contribution in [1.29, 1.82) is 0 Å². The Kier molecular flexibility index (Phi) is 6.58. The summed E-state index contributed by atoms with van der Waals surface area (Å²) in [6.45, 7) is 3.69. The molecule has 0 aromatic rings. The number of thioether (sulfide) groups is 1. The van der Waals surface area contributed by atoms with Crippen LogP contribution in [0, 0.1) is 0 Å². The maximum absolute atomic E-state index is 9.10. The molecule has 0 fully saturated rings. The minimum atomic E-state index is -0.181. The van der Waals surface area contributed by atoms with E-state index in [1.165, 1.54) is 0 Å². The average molecular weight is 149 g/mol. The van der Waals surface area contributed by atoms with Crippen LogP contribution in [-0.2, 0) is 0 Å². The maximum atomic E-state index is 9.10. The Labute approximate surface area is 61.0 Å². The molecule has 0 radical (unpaired) electrons. The fourth-order valence-corrected chi connectivity index (χ4v) is 1.06. The molecule has 1 atom stereocenters. The molecule has 0 aliphatic carbocycles. The van der Waals surface area contributed by atoms with Gasteiger partial charge < -0.3 is 10.4 Å². The van der Waals surface area contributed by atoms with E-state index < -0.39 is 0 Å². The van der Waals surface area contributed by atoms with Gasteiger partial charge in [-0.15, -0.1) is 0 Å². The third-order valence-corrected chi connectivity index (χ3v) is 1.71. The Morgan fingerprint density at radius 3 is 2.78 bits per heavy atom. The Bertz CT molecular complexity index is 61.0. The summed E-state index contributed by atoms with van der Waals surface area (Å²) in [4.78, 5) is 0. The quantitative estimate of drug-likeness (QED) is 0.590. The predicted octanol–water partition coefficient (Wildman–Crippen LogP) is 0.320. The maximum Gasteiger partial charge on any atom is 0.0754 e. The highest BCUT2D eigenvalue weighted by molar-refractivity contribution is 7.98. The molecule has 0 aliphatic rings. The molecule has 0 aliphatic heterocycles. The minimum absolute atomic E-state index is 0.181. The lowest BCUT2D eigenvalue weighted by Gasteiger charge is -2.07. The molecule has 0 aromatic carbocycles. The molecule has 0 bridgehead atoms. The van der Waals surface area contributed by atoms with Gasteiger partial charge in [-0.05, 0) is 12.8 Å². The van der Waals surface area contributed by atoms with Gasteiger partial charge in [-0.2, -0.15) is 11.8 Å². The molecule has 0 rings (SSSR count). The molecule has 2 N–H and O–H groups in total. The second-order valence-corrected chi connectivity index (χ2v) is 2.83. The van der Waals surface area contributed by atoms with Crippen LogP contribution in [0.2, 0.25) is 0 Å².